The van der Waals surface area contributed by atoms with E-state index in [0.717, 1.165) is 0 Å². The van der Waals surface area contributed by atoms with E-state index in [-0.39, 0.29) is 6.54 Å². The predicted octanol–water partition coefficient (Wildman–Crippen LogP) is 0.545. The summed E-state index contributed by atoms with van der Waals surface area (Å²) in [5.74, 6) is -2.57. The third-order valence-electron chi connectivity index (χ3n) is 2.07. The summed E-state index contributed by atoms with van der Waals surface area (Å²) in [7, 11) is 3.40. The Hall–Kier alpha value is -0.220. The topological polar surface area (TPSA) is 15.3 Å². The molecule has 1 aliphatic heterocycles. The van der Waals surface area contributed by atoms with Crippen LogP contribution in [0.25, 0.3) is 0 Å². The zero-order valence-electron chi connectivity index (χ0n) is 6.90. The summed E-state index contributed by atoms with van der Waals surface area (Å²) in [6, 6.07) is -0.594. The molecule has 0 aromatic carbocycles. The smallest absolute Gasteiger partial charge is 0.275 e. The summed E-state index contributed by atoms with van der Waals surface area (Å²) < 4.78 is 26.0. The monoisotopic (exact) mass is 164 g/mol. The summed E-state index contributed by atoms with van der Waals surface area (Å²) in [5.41, 5.74) is 0. The van der Waals surface area contributed by atoms with Crippen molar-refractivity contribution in [3.63, 3.8) is 0 Å². The van der Waals surface area contributed by atoms with Gasteiger partial charge in [-0.15, -0.1) is 0 Å². The molecule has 1 atom stereocenters. The molecular formula is C7H14F2N2. The number of nitrogens with one attached hydrogen (secondary N) is 1. The molecule has 1 saturated heterocycles. The van der Waals surface area contributed by atoms with Crippen LogP contribution in [0.4, 0.5) is 8.78 Å². The van der Waals surface area contributed by atoms with Gasteiger partial charge in [0.1, 0.15) is 0 Å². The molecule has 0 aromatic rings. The van der Waals surface area contributed by atoms with Gasteiger partial charge in [0, 0.05) is 0 Å². The number of alkyl halides is 2. The molecule has 0 unspecified atom stereocenters. The quantitative estimate of drug-likeness (QED) is 0.608. The van der Waals surface area contributed by atoms with Crippen LogP contribution in [0.5, 0.6) is 0 Å². The number of nitrogens with zero attached hydrogens (tertiary/aromatic N) is 1. The van der Waals surface area contributed by atoms with Crippen LogP contribution in [0.3, 0.4) is 0 Å². The van der Waals surface area contributed by atoms with Crippen LogP contribution in [-0.2, 0) is 0 Å². The average Bonchev–Trinajstić information content (AvgIpc) is 1.85. The summed E-state index contributed by atoms with van der Waals surface area (Å²) in [4.78, 5) is 1.60. The molecule has 0 amide bonds. The van der Waals surface area contributed by atoms with Gasteiger partial charge in [-0.05, 0) is 27.1 Å². The van der Waals surface area contributed by atoms with Crippen LogP contribution >= 0.6 is 0 Å². The Morgan fingerprint density at radius 2 is 2.09 bits per heavy atom. The van der Waals surface area contributed by atoms with Crippen molar-refractivity contribution >= 4 is 0 Å². The van der Waals surface area contributed by atoms with E-state index in [0.29, 0.717) is 13.0 Å². The fourth-order valence-electron chi connectivity index (χ4n) is 1.46. The maximum Gasteiger partial charge on any atom is 0.275 e. The molecule has 0 aromatic heterocycles. The van der Waals surface area contributed by atoms with Crippen molar-refractivity contribution in [1.29, 1.82) is 0 Å². The fraction of sp³-hybridized carbons (Fsp3) is 1.00. The first-order chi connectivity index (χ1) is 5.04. The van der Waals surface area contributed by atoms with Crippen molar-refractivity contribution in [1.82, 2.24) is 10.2 Å². The van der Waals surface area contributed by atoms with E-state index < -0.39 is 12.0 Å². The van der Waals surface area contributed by atoms with Crippen molar-refractivity contribution < 1.29 is 8.78 Å². The van der Waals surface area contributed by atoms with Gasteiger partial charge in [0.25, 0.3) is 5.92 Å². The van der Waals surface area contributed by atoms with Gasteiger partial charge in [-0.25, -0.2) is 8.78 Å². The van der Waals surface area contributed by atoms with Gasteiger partial charge >= 0.3 is 0 Å². The first kappa shape index (κ1) is 8.87. The molecule has 0 spiro atoms. The molecule has 1 N–H and O–H groups in total. The second-order valence-electron chi connectivity index (χ2n) is 3.21. The van der Waals surface area contributed by atoms with Crippen molar-refractivity contribution in [2.75, 3.05) is 27.2 Å². The summed E-state index contributed by atoms with van der Waals surface area (Å²) in [6.45, 7) is 0.508. The normalized spacial score (nSPS) is 30.8. The lowest BCUT2D eigenvalue weighted by molar-refractivity contribution is -0.0829. The number of hydrogen-bond acceptors (Lipinski definition) is 2. The Balaban J connectivity index is 2.60. The molecule has 1 heterocycles. The zero-order chi connectivity index (χ0) is 8.48. The SMILES string of the molecule is CN(C)[C@H]1CCNCC1(F)F. The molecule has 0 radical (unpaired) electrons. The van der Waals surface area contributed by atoms with Gasteiger partial charge in [0.05, 0.1) is 12.6 Å². The standard InChI is InChI=1S/C7H14F2N2/c1-11(2)6-3-4-10-5-7(6,8)9/h6,10H,3-5H2,1-2H3/t6-/m0/s1. The highest BCUT2D eigenvalue weighted by Crippen LogP contribution is 2.25. The molecule has 66 valence electrons. The third-order valence-corrected chi connectivity index (χ3v) is 2.07. The Kier molecular flexibility index (Phi) is 2.44. The second-order valence-corrected chi connectivity index (χ2v) is 3.21. The maximum atomic E-state index is 13.0. The van der Waals surface area contributed by atoms with Gasteiger partial charge in [0.2, 0.25) is 0 Å². The second kappa shape index (κ2) is 3.03. The van der Waals surface area contributed by atoms with Crippen molar-refractivity contribution in [3.05, 3.63) is 0 Å². The molecule has 1 aliphatic rings. The van der Waals surface area contributed by atoms with E-state index in [4.69, 9.17) is 0 Å². The van der Waals surface area contributed by atoms with Crippen LogP contribution in [-0.4, -0.2) is 44.0 Å². The lowest BCUT2D eigenvalue weighted by Gasteiger charge is -2.35. The predicted molar refractivity (Wildman–Crippen MR) is 39.9 cm³/mol. The Bertz CT molecular complexity index is 136. The molecular weight excluding hydrogens is 150 g/mol. The maximum absolute atomic E-state index is 13.0. The zero-order valence-corrected chi connectivity index (χ0v) is 6.90. The largest absolute Gasteiger partial charge is 0.311 e. The summed E-state index contributed by atoms with van der Waals surface area (Å²) in [6.07, 6.45) is 0.528. The molecule has 0 aliphatic carbocycles. The van der Waals surface area contributed by atoms with Crippen molar-refractivity contribution in [3.8, 4) is 0 Å². The molecule has 1 fully saturated rings. The van der Waals surface area contributed by atoms with E-state index >= 15 is 0 Å². The van der Waals surface area contributed by atoms with Crippen LogP contribution in [0.1, 0.15) is 6.42 Å². The van der Waals surface area contributed by atoms with E-state index in [1.807, 2.05) is 0 Å². The molecule has 0 saturated carbocycles. The minimum absolute atomic E-state index is 0.185. The lowest BCUT2D eigenvalue weighted by atomic mass is 10.0. The van der Waals surface area contributed by atoms with Crippen LogP contribution in [0.2, 0.25) is 0 Å². The van der Waals surface area contributed by atoms with E-state index in [1.165, 1.54) is 0 Å². The van der Waals surface area contributed by atoms with Crippen molar-refractivity contribution in [2.45, 2.75) is 18.4 Å². The number of hydrogen-bond donors (Lipinski definition) is 1. The summed E-state index contributed by atoms with van der Waals surface area (Å²) >= 11 is 0. The fourth-order valence-corrected chi connectivity index (χ4v) is 1.46. The molecule has 2 nitrogen and oxygen atoms in total. The minimum Gasteiger partial charge on any atom is -0.311 e. The van der Waals surface area contributed by atoms with Crippen LogP contribution < -0.4 is 5.32 Å². The highest BCUT2D eigenvalue weighted by Gasteiger charge is 2.42. The van der Waals surface area contributed by atoms with Crippen LogP contribution in [0, 0.1) is 0 Å². The Morgan fingerprint density at radius 3 is 2.45 bits per heavy atom. The van der Waals surface area contributed by atoms with Crippen molar-refractivity contribution in [2.24, 2.45) is 0 Å². The highest BCUT2D eigenvalue weighted by atomic mass is 19.3. The average molecular weight is 164 g/mol. The van der Waals surface area contributed by atoms with Gasteiger partial charge in [-0.3, -0.25) is 0 Å². The van der Waals surface area contributed by atoms with E-state index in [2.05, 4.69) is 5.32 Å². The van der Waals surface area contributed by atoms with E-state index in [1.54, 1.807) is 19.0 Å². The van der Waals surface area contributed by atoms with E-state index in [9.17, 15) is 8.78 Å². The Labute approximate surface area is 65.6 Å². The molecule has 4 heteroatoms. The van der Waals surface area contributed by atoms with Gasteiger partial charge in [0.15, 0.2) is 0 Å². The Morgan fingerprint density at radius 1 is 1.45 bits per heavy atom. The summed E-state index contributed by atoms with van der Waals surface area (Å²) in [5, 5.41) is 2.68. The molecule has 0 bridgehead atoms. The molecule has 11 heavy (non-hydrogen) atoms. The molecule has 1 rings (SSSR count). The van der Waals surface area contributed by atoms with Gasteiger partial charge in [-0.1, -0.05) is 0 Å². The highest BCUT2D eigenvalue weighted by molar-refractivity contribution is 4.89. The number of rotatable bonds is 1. The third kappa shape index (κ3) is 1.87. The number of piperidine rings is 1. The lowest BCUT2D eigenvalue weighted by Crippen LogP contribution is -2.55. The van der Waals surface area contributed by atoms with Crippen LogP contribution in [0.15, 0.2) is 0 Å². The number of halogens is 2. The van der Waals surface area contributed by atoms with Gasteiger partial charge in [-0.2, -0.15) is 0 Å². The minimum atomic E-state index is -2.57. The first-order valence-corrected chi connectivity index (χ1v) is 3.79. The van der Waals surface area contributed by atoms with Gasteiger partial charge < -0.3 is 10.2 Å². The first-order valence-electron chi connectivity index (χ1n) is 3.79.